The highest BCUT2D eigenvalue weighted by atomic mass is 15.2. The Morgan fingerprint density at radius 3 is 2.76 bits per heavy atom. The van der Waals surface area contributed by atoms with E-state index in [1.807, 2.05) is 6.20 Å². The molecule has 0 radical (unpaired) electrons. The first-order valence-electron chi connectivity index (χ1n) is 6.71. The van der Waals surface area contributed by atoms with Crippen molar-refractivity contribution in [3.05, 3.63) is 24.4 Å². The molecule has 2 heterocycles. The summed E-state index contributed by atoms with van der Waals surface area (Å²) in [6, 6.07) is 7.11. The van der Waals surface area contributed by atoms with E-state index in [-0.39, 0.29) is 0 Å². The summed E-state index contributed by atoms with van der Waals surface area (Å²) in [7, 11) is 0. The summed E-state index contributed by atoms with van der Waals surface area (Å²) in [6.07, 6.45) is 6.08. The van der Waals surface area contributed by atoms with Gasteiger partial charge in [0.2, 0.25) is 0 Å². The molecular formula is C15H23N2+. The molecule has 0 aromatic carbocycles. The standard InChI is InChI=1S/C15H22N2/c1-14(2)8-12-9-15(3,10-14)11-17(12)13-6-4-5-7-16-13/h4-7,12H,8-11H2,1-3H3/p+1/t12-,15-/m1/s1. The molecule has 1 saturated heterocycles. The summed E-state index contributed by atoms with van der Waals surface area (Å²) in [5.74, 6) is 1.29. The van der Waals surface area contributed by atoms with Crippen molar-refractivity contribution in [3.63, 3.8) is 0 Å². The van der Waals surface area contributed by atoms with Crippen LogP contribution in [0.2, 0.25) is 0 Å². The van der Waals surface area contributed by atoms with Gasteiger partial charge in [-0.15, -0.1) is 0 Å². The van der Waals surface area contributed by atoms with Gasteiger partial charge in [-0.2, -0.15) is 0 Å². The van der Waals surface area contributed by atoms with Crippen molar-refractivity contribution in [2.24, 2.45) is 10.8 Å². The Morgan fingerprint density at radius 1 is 1.24 bits per heavy atom. The van der Waals surface area contributed by atoms with Gasteiger partial charge in [-0.1, -0.05) is 26.8 Å². The van der Waals surface area contributed by atoms with E-state index in [4.69, 9.17) is 0 Å². The Hall–Kier alpha value is -1.05. The summed E-state index contributed by atoms with van der Waals surface area (Å²) >= 11 is 0. The van der Waals surface area contributed by atoms with E-state index in [9.17, 15) is 0 Å². The lowest BCUT2D eigenvalue weighted by Gasteiger charge is -2.37. The SMILES string of the molecule is CC1(C)C[C@@H]2C[C@@](C)(CN2c2cccc[nH+]2)C1. The smallest absolute Gasteiger partial charge is 0.259 e. The van der Waals surface area contributed by atoms with E-state index in [2.05, 4.69) is 48.9 Å². The molecular weight excluding hydrogens is 208 g/mol. The molecule has 2 nitrogen and oxygen atoms in total. The van der Waals surface area contributed by atoms with Gasteiger partial charge >= 0.3 is 0 Å². The molecule has 1 aliphatic heterocycles. The van der Waals surface area contributed by atoms with E-state index < -0.39 is 0 Å². The van der Waals surface area contributed by atoms with Crippen LogP contribution in [-0.4, -0.2) is 12.6 Å². The van der Waals surface area contributed by atoms with Crippen molar-refractivity contribution < 1.29 is 4.98 Å². The van der Waals surface area contributed by atoms with Crippen LogP contribution >= 0.6 is 0 Å². The van der Waals surface area contributed by atoms with Crippen LogP contribution in [-0.2, 0) is 0 Å². The van der Waals surface area contributed by atoms with Gasteiger partial charge in [-0.3, -0.25) is 4.90 Å². The predicted molar refractivity (Wildman–Crippen MR) is 69.9 cm³/mol. The Balaban J connectivity index is 1.91. The van der Waals surface area contributed by atoms with Gasteiger partial charge < -0.3 is 0 Å². The molecule has 1 aliphatic carbocycles. The van der Waals surface area contributed by atoms with E-state index in [1.165, 1.54) is 31.6 Å². The van der Waals surface area contributed by atoms with Crippen LogP contribution in [0.25, 0.3) is 0 Å². The largest absolute Gasteiger partial charge is 0.274 e. The van der Waals surface area contributed by atoms with Crippen LogP contribution in [0, 0.1) is 10.8 Å². The fourth-order valence-electron chi connectivity index (χ4n) is 4.30. The molecule has 2 fully saturated rings. The van der Waals surface area contributed by atoms with Crippen LogP contribution in [0.4, 0.5) is 5.82 Å². The zero-order valence-corrected chi connectivity index (χ0v) is 11.2. The normalized spacial score (nSPS) is 35.0. The van der Waals surface area contributed by atoms with Gasteiger partial charge in [0.15, 0.2) is 0 Å². The maximum Gasteiger partial charge on any atom is 0.274 e. The maximum atomic E-state index is 3.39. The molecule has 0 amide bonds. The van der Waals surface area contributed by atoms with Crippen LogP contribution in [0.1, 0.15) is 40.0 Å². The first kappa shape index (κ1) is 11.1. The highest BCUT2D eigenvalue weighted by Crippen LogP contribution is 2.52. The topological polar surface area (TPSA) is 17.4 Å². The van der Waals surface area contributed by atoms with Gasteiger partial charge in [0.05, 0.1) is 18.8 Å². The molecule has 1 N–H and O–H groups in total. The lowest BCUT2D eigenvalue weighted by atomic mass is 9.65. The number of H-pyrrole nitrogens is 1. The zero-order chi connectivity index (χ0) is 12.1. The monoisotopic (exact) mass is 231 g/mol. The molecule has 2 heteroatoms. The number of aromatic amines is 1. The van der Waals surface area contributed by atoms with E-state index >= 15 is 0 Å². The van der Waals surface area contributed by atoms with Crippen molar-refractivity contribution in [3.8, 4) is 0 Å². The number of nitrogens with one attached hydrogen (secondary N) is 1. The minimum atomic E-state index is 0.501. The summed E-state index contributed by atoms with van der Waals surface area (Å²) in [4.78, 5) is 5.99. The molecule has 1 saturated carbocycles. The second-order valence-corrected chi connectivity index (χ2v) is 7.09. The second kappa shape index (κ2) is 3.47. The first-order chi connectivity index (χ1) is 7.98. The van der Waals surface area contributed by atoms with Gasteiger partial charge in [-0.05, 0) is 30.7 Å². The molecule has 2 atom stereocenters. The Morgan fingerprint density at radius 2 is 2.06 bits per heavy atom. The maximum absolute atomic E-state index is 3.39. The lowest BCUT2D eigenvalue weighted by Crippen LogP contribution is -2.36. The Bertz CT molecular complexity index is 412. The molecule has 17 heavy (non-hydrogen) atoms. The molecule has 92 valence electrons. The van der Waals surface area contributed by atoms with Crippen molar-refractivity contribution in [2.75, 3.05) is 11.4 Å². The number of fused-ring (bicyclic) bond motifs is 2. The summed E-state index contributed by atoms with van der Waals surface area (Å²) in [6.45, 7) is 8.52. The Labute approximate surface area is 104 Å². The van der Waals surface area contributed by atoms with Crippen molar-refractivity contribution in [2.45, 2.75) is 46.1 Å². The molecule has 1 aromatic rings. The summed E-state index contributed by atoms with van der Waals surface area (Å²) in [5.41, 5.74) is 1.01. The van der Waals surface area contributed by atoms with Gasteiger partial charge in [0.1, 0.15) is 0 Å². The number of hydrogen-bond donors (Lipinski definition) is 0. The minimum absolute atomic E-state index is 0.501. The number of pyridine rings is 1. The molecule has 1 aromatic heterocycles. The van der Waals surface area contributed by atoms with Crippen LogP contribution in [0.5, 0.6) is 0 Å². The number of hydrogen-bond acceptors (Lipinski definition) is 1. The second-order valence-electron chi connectivity index (χ2n) is 7.09. The fraction of sp³-hybridized carbons (Fsp3) is 0.667. The number of rotatable bonds is 1. The van der Waals surface area contributed by atoms with E-state index in [1.54, 1.807) is 0 Å². The third kappa shape index (κ3) is 1.94. The van der Waals surface area contributed by atoms with E-state index in [0.29, 0.717) is 10.8 Å². The third-order valence-electron chi connectivity index (χ3n) is 4.42. The molecule has 3 rings (SSSR count). The summed E-state index contributed by atoms with van der Waals surface area (Å²) in [5, 5.41) is 0. The highest BCUT2D eigenvalue weighted by molar-refractivity contribution is 5.38. The third-order valence-corrected chi connectivity index (χ3v) is 4.42. The van der Waals surface area contributed by atoms with Crippen LogP contribution < -0.4 is 9.88 Å². The van der Waals surface area contributed by atoms with Gasteiger partial charge in [-0.25, -0.2) is 4.98 Å². The van der Waals surface area contributed by atoms with Gasteiger partial charge in [0.25, 0.3) is 5.82 Å². The predicted octanol–water partition coefficient (Wildman–Crippen LogP) is 2.91. The zero-order valence-electron chi connectivity index (χ0n) is 11.2. The first-order valence-corrected chi connectivity index (χ1v) is 6.71. The van der Waals surface area contributed by atoms with Crippen molar-refractivity contribution >= 4 is 5.82 Å². The van der Waals surface area contributed by atoms with Crippen LogP contribution in [0.15, 0.2) is 24.4 Å². The van der Waals surface area contributed by atoms with E-state index in [0.717, 1.165) is 6.04 Å². The lowest BCUT2D eigenvalue weighted by molar-refractivity contribution is -0.364. The fourth-order valence-corrected chi connectivity index (χ4v) is 4.30. The molecule has 2 bridgehead atoms. The van der Waals surface area contributed by atoms with Gasteiger partial charge in [0, 0.05) is 11.5 Å². The van der Waals surface area contributed by atoms with Crippen LogP contribution in [0.3, 0.4) is 0 Å². The number of nitrogens with zero attached hydrogens (tertiary/aromatic N) is 1. The summed E-state index contributed by atoms with van der Waals surface area (Å²) < 4.78 is 0. The van der Waals surface area contributed by atoms with Crippen molar-refractivity contribution in [1.29, 1.82) is 0 Å². The average Bonchev–Trinajstić information content (AvgIpc) is 2.49. The molecule has 0 spiro atoms. The highest BCUT2D eigenvalue weighted by Gasteiger charge is 2.53. The molecule has 2 aliphatic rings. The van der Waals surface area contributed by atoms with Crippen molar-refractivity contribution in [1.82, 2.24) is 0 Å². The Kier molecular flexibility index (Phi) is 2.26. The average molecular weight is 231 g/mol. The minimum Gasteiger partial charge on any atom is -0.259 e. The quantitative estimate of drug-likeness (QED) is 0.726. The number of anilines is 1. The molecule has 0 unspecified atom stereocenters. The number of aromatic nitrogens is 1.